The molecule has 1 aliphatic carbocycles. The van der Waals surface area contributed by atoms with Crippen molar-refractivity contribution in [1.82, 2.24) is 10.2 Å². The van der Waals surface area contributed by atoms with Gasteiger partial charge in [0.2, 0.25) is 0 Å². The molecule has 0 aromatic heterocycles. The first kappa shape index (κ1) is 16.0. The van der Waals surface area contributed by atoms with Crippen molar-refractivity contribution < 1.29 is 0 Å². The summed E-state index contributed by atoms with van der Waals surface area (Å²) in [6.07, 6.45) is 5.33. The minimum atomic E-state index is 0.450. The fourth-order valence-corrected chi connectivity index (χ4v) is 3.21. The van der Waals surface area contributed by atoms with Crippen molar-refractivity contribution in [2.24, 2.45) is 5.92 Å². The molecule has 112 valence electrons. The average molecular weight is 339 g/mol. The molecular formula is C17H27BrN2. The van der Waals surface area contributed by atoms with E-state index >= 15 is 0 Å². The molecule has 1 N–H and O–H groups in total. The standard InChI is InChI=1S/C17H27BrN2/c1-3-10-20(13-14-7-8-14)11-9-17(19-2)15-5-4-6-16(18)12-15/h4-6,12,14,17,19H,3,7-11,13H2,1-2H3. The zero-order chi connectivity index (χ0) is 14.4. The normalized spacial score (nSPS) is 16.6. The second-order valence-electron chi connectivity index (χ2n) is 5.93. The molecule has 0 heterocycles. The van der Waals surface area contributed by atoms with E-state index in [4.69, 9.17) is 0 Å². The van der Waals surface area contributed by atoms with Crippen LogP contribution in [0, 0.1) is 5.92 Å². The van der Waals surface area contributed by atoms with E-state index in [0.717, 1.165) is 5.92 Å². The van der Waals surface area contributed by atoms with Crippen molar-refractivity contribution in [3.05, 3.63) is 34.3 Å². The molecular weight excluding hydrogens is 312 g/mol. The topological polar surface area (TPSA) is 15.3 Å². The molecule has 3 heteroatoms. The second kappa shape index (κ2) is 8.16. The Labute approximate surface area is 132 Å². The van der Waals surface area contributed by atoms with Crippen LogP contribution in [0.1, 0.15) is 44.2 Å². The summed E-state index contributed by atoms with van der Waals surface area (Å²) >= 11 is 3.57. The predicted molar refractivity (Wildman–Crippen MR) is 90.0 cm³/mol. The third kappa shape index (κ3) is 5.19. The summed E-state index contributed by atoms with van der Waals surface area (Å²) in [5.74, 6) is 0.987. The van der Waals surface area contributed by atoms with Gasteiger partial charge in [-0.25, -0.2) is 0 Å². The van der Waals surface area contributed by atoms with Crippen LogP contribution in [0.2, 0.25) is 0 Å². The van der Waals surface area contributed by atoms with Crippen molar-refractivity contribution >= 4 is 15.9 Å². The largest absolute Gasteiger partial charge is 0.313 e. The number of rotatable bonds is 9. The maximum Gasteiger partial charge on any atom is 0.0330 e. The van der Waals surface area contributed by atoms with Crippen LogP contribution in [0.3, 0.4) is 0 Å². The lowest BCUT2D eigenvalue weighted by molar-refractivity contribution is 0.249. The van der Waals surface area contributed by atoms with E-state index in [1.165, 1.54) is 55.4 Å². The zero-order valence-electron chi connectivity index (χ0n) is 12.7. The second-order valence-corrected chi connectivity index (χ2v) is 6.84. The number of benzene rings is 1. The molecule has 1 unspecified atom stereocenters. The van der Waals surface area contributed by atoms with E-state index in [9.17, 15) is 0 Å². The maximum atomic E-state index is 3.57. The first-order chi connectivity index (χ1) is 9.72. The van der Waals surface area contributed by atoms with Gasteiger partial charge in [-0.1, -0.05) is 35.0 Å². The highest BCUT2D eigenvalue weighted by atomic mass is 79.9. The Hall–Kier alpha value is -0.380. The Kier molecular flexibility index (Phi) is 6.53. The quantitative estimate of drug-likeness (QED) is 0.725. The third-order valence-electron chi connectivity index (χ3n) is 4.09. The summed E-state index contributed by atoms with van der Waals surface area (Å²) in [4.78, 5) is 2.65. The molecule has 20 heavy (non-hydrogen) atoms. The Morgan fingerprint density at radius 1 is 1.35 bits per heavy atom. The van der Waals surface area contributed by atoms with Gasteiger partial charge in [0.05, 0.1) is 0 Å². The number of halogens is 1. The van der Waals surface area contributed by atoms with Gasteiger partial charge in [-0.2, -0.15) is 0 Å². The summed E-state index contributed by atoms with van der Waals surface area (Å²) in [5, 5.41) is 3.46. The van der Waals surface area contributed by atoms with E-state index in [-0.39, 0.29) is 0 Å². The Morgan fingerprint density at radius 3 is 2.75 bits per heavy atom. The Balaban J connectivity index is 1.87. The first-order valence-electron chi connectivity index (χ1n) is 7.88. The Morgan fingerprint density at radius 2 is 2.15 bits per heavy atom. The minimum Gasteiger partial charge on any atom is -0.313 e. The van der Waals surface area contributed by atoms with E-state index < -0.39 is 0 Å². The molecule has 0 aliphatic heterocycles. The SMILES string of the molecule is CCCN(CCC(NC)c1cccc(Br)c1)CC1CC1. The molecule has 0 spiro atoms. The van der Waals surface area contributed by atoms with E-state index in [0.29, 0.717) is 6.04 Å². The van der Waals surface area contributed by atoms with Gasteiger partial charge in [-0.15, -0.1) is 0 Å². The highest BCUT2D eigenvalue weighted by Gasteiger charge is 2.24. The van der Waals surface area contributed by atoms with Crippen molar-refractivity contribution in [3.63, 3.8) is 0 Å². The van der Waals surface area contributed by atoms with Gasteiger partial charge in [0.15, 0.2) is 0 Å². The first-order valence-corrected chi connectivity index (χ1v) is 8.67. The number of hydrogen-bond acceptors (Lipinski definition) is 2. The van der Waals surface area contributed by atoms with Gasteiger partial charge in [0.25, 0.3) is 0 Å². The lowest BCUT2D eigenvalue weighted by atomic mass is 10.0. The fourth-order valence-electron chi connectivity index (χ4n) is 2.79. The van der Waals surface area contributed by atoms with E-state index in [1.54, 1.807) is 0 Å². The van der Waals surface area contributed by atoms with Crippen LogP contribution in [-0.2, 0) is 0 Å². The van der Waals surface area contributed by atoms with Crippen molar-refractivity contribution in [1.29, 1.82) is 0 Å². The highest BCUT2D eigenvalue weighted by molar-refractivity contribution is 9.10. The molecule has 1 atom stereocenters. The van der Waals surface area contributed by atoms with Crippen LogP contribution >= 0.6 is 15.9 Å². The van der Waals surface area contributed by atoms with E-state index in [1.807, 2.05) is 0 Å². The van der Waals surface area contributed by atoms with Crippen LogP contribution in [0.15, 0.2) is 28.7 Å². The summed E-state index contributed by atoms with van der Waals surface area (Å²) in [6.45, 7) is 6.03. The Bertz CT molecular complexity index is 404. The zero-order valence-corrected chi connectivity index (χ0v) is 14.3. The third-order valence-corrected chi connectivity index (χ3v) is 4.58. The van der Waals surface area contributed by atoms with Crippen molar-refractivity contribution in [2.45, 2.75) is 38.6 Å². The van der Waals surface area contributed by atoms with Gasteiger partial charge in [-0.05, 0) is 69.4 Å². The lowest BCUT2D eigenvalue weighted by Gasteiger charge is -2.25. The summed E-state index contributed by atoms with van der Waals surface area (Å²) in [5.41, 5.74) is 1.38. The number of hydrogen-bond donors (Lipinski definition) is 1. The molecule has 0 radical (unpaired) electrons. The number of nitrogens with one attached hydrogen (secondary N) is 1. The lowest BCUT2D eigenvalue weighted by Crippen LogP contribution is -2.31. The molecule has 0 amide bonds. The molecule has 1 aliphatic rings. The van der Waals surface area contributed by atoms with Gasteiger partial charge in [-0.3, -0.25) is 0 Å². The minimum absolute atomic E-state index is 0.450. The van der Waals surface area contributed by atoms with Gasteiger partial charge < -0.3 is 10.2 Å². The monoisotopic (exact) mass is 338 g/mol. The average Bonchev–Trinajstić information content (AvgIpc) is 3.23. The summed E-state index contributed by atoms with van der Waals surface area (Å²) < 4.78 is 1.17. The highest BCUT2D eigenvalue weighted by Crippen LogP contribution is 2.30. The van der Waals surface area contributed by atoms with Crippen molar-refractivity contribution in [3.8, 4) is 0 Å². The molecule has 0 bridgehead atoms. The summed E-state index contributed by atoms with van der Waals surface area (Å²) in [7, 11) is 2.07. The van der Waals surface area contributed by atoms with Crippen LogP contribution < -0.4 is 5.32 Å². The van der Waals surface area contributed by atoms with E-state index in [2.05, 4.69) is 64.4 Å². The molecule has 1 saturated carbocycles. The maximum absolute atomic E-state index is 3.57. The van der Waals surface area contributed by atoms with Gasteiger partial charge in [0, 0.05) is 17.1 Å². The molecule has 1 fully saturated rings. The van der Waals surface area contributed by atoms with Crippen LogP contribution in [-0.4, -0.2) is 31.6 Å². The molecule has 0 saturated heterocycles. The van der Waals surface area contributed by atoms with Gasteiger partial charge in [0.1, 0.15) is 0 Å². The number of nitrogens with zero attached hydrogens (tertiary/aromatic N) is 1. The fraction of sp³-hybridized carbons (Fsp3) is 0.647. The van der Waals surface area contributed by atoms with Gasteiger partial charge >= 0.3 is 0 Å². The molecule has 1 aromatic carbocycles. The summed E-state index contributed by atoms with van der Waals surface area (Å²) in [6, 6.07) is 9.11. The van der Waals surface area contributed by atoms with Crippen LogP contribution in [0.5, 0.6) is 0 Å². The van der Waals surface area contributed by atoms with Crippen molar-refractivity contribution in [2.75, 3.05) is 26.7 Å². The molecule has 1 aromatic rings. The predicted octanol–water partition coefficient (Wildman–Crippen LogP) is 4.22. The molecule has 2 nitrogen and oxygen atoms in total. The van der Waals surface area contributed by atoms with Crippen LogP contribution in [0.25, 0.3) is 0 Å². The van der Waals surface area contributed by atoms with Crippen LogP contribution in [0.4, 0.5) is 0 Å². The smallest absolute Gasteiger partial charge is 0.0330 e. The molecule has 2 rings (SSSR count).